The van der Waals surface area contributed by atoms with Crippen LogP contribution in [0.4, 0.5) is 0 Å². The largest absolute Gasteiger partial charge is 0.441 e. The molecule has 1 aromatic rings. The molecule has 0 bridgehead atoms. The van der Waals surface area contributed by atoms with E-state index in [1.165, 1.54) is 9.47 Å². The van der Waals surface area contributed by atoms with E-state index in [2.05, 4.69) is 9.68 Å². The van der Waals surface area contributed by atoms with Gasteiger partial charge in [0.2, 0.25) is 11.8 Å². The lowest BCUT2D eigenvalue weighted by Gasteiger charge is -2.14. The summed E-state index contributed by atoms with van der Waals surface area (Å²) >= 11 is 0. The maximum atomic E-state index is 11.5. The molecule has 1 aliphatic heterocycles. The molecule has 18 heavy (non-hydrogen) atoms. The SMILES string of the molecule is CC(C)c1noc(=O)n1CCN1C(=O)CCC1=O. The topological polar surface area (TPSA) is 85.4 Å². The van der Waals surface area contributed by atoms with Crippen molar-refractivity contribution in [3.05, 3.63) is 16.4 Å². The van der Waals surface area contributed by atoms with Crippen molar-refractivity contribution >= 4 is 11.8 Å². The summed E-state index contributed by atoms with van der Waals surface area (Å²) < 4.78 is 5.96. The molecule has 2 amide bonds. The number of nitrogens with zero attached hydrogens (tertiary/aromatic N) is 3. The maximum Gasteiger partial charge on any atom is 0.441 e. The fraction of sp³-hybridized carbons (Fsp3) is 0.636. The van der Waals surface area contributed by atoms with Crippen molar-refractivity contribution in [3.8, 4) is 0 Å². The van der Waals surface area contributed by atoms with Gasteiger partial charge in [-0.2, -0.15) is 0 Å². The minimum Gasteiger partial charge on any atom is -0.296 e. The van der Waals surface area contributed by atoms with Gasteiger partial charge in [-0.05, 0) is 0 Å². The summed E-state index contributed by atoms with van der Waals surface area (Å²) in [4.78, 5) is 35.5. The van der Waals surface area contributed by atoms with Gasteiger partial charge in [-0.15, -0.1) is 0 Å². The van der Waals surface area contributed by atoms with Gasteiger partial charge in [0.05, 0.1) is 0 Å². The first-order chi connectivity index (χ1) is 8.50. The predicted octanol–water partition coefficient (Wildman–Crippen LogP) is 0.109. The van der Waals surface area contributed by atoms with Crippen LogP contribution in [0.15, 0.2) is 9.32 Å². The Morgan fingerprint density at radius 1 is 1.17 bits per heavy atom. The van der Waals surface area contributed by atoms with Crippen LogP contribution in [-0.2, 0) is 16.1 Å². The Bertz CT molecular complexity index is 513. The lowest BCUT2D eigenvalue weighted by molar-refractivity contribution is -0.138. The summed E-state index contributed by atoms with van der Waals surface area (Å²) in [5.41, 5.74) is 0. The Kier molecular flexibility index (Phi) is 3.31. The second-order valence-electron chi connectivity index (χ2n) is 4.55. The molecule has 1 saturated heterocycles. The Balaban J connectivity index is 2.11. The molecule has 1 fully saturated rings. The Hall–Kier alpha value is -1.92. The van der Waals surface area contributed by atoms with Crippen molar-refractivity contribution in [1.29, 1.82) is 0 Å². The Morgan fingerprint density at radius 2 is 1.78 bits per heavy atom. The van der Waals surface area contributed by atoms with Gasteiger partial charge in [0.1, 0.15) is 0 Å². The normalized spacial score (nSPS) is 16.1. The van der Waals surface area contributed by atoms with Crippen LogP contribution in [0.3, 0.4) is 0 Å². The van der Waals surface area contributed by atoms with Gasteiger partial charge in [-0.1, -0.05) is 19.0 Å². The minimum absolute atomic E-state index is 0.0430. The highest BCUT2D eigenvalue weighted by atomic mass is 16.5. The number of likely N-dealkylation sites (tertiary alicyclic amines) is 1. The molecule has 2 rings (SSSR count). The number of hydrogen-bond acceptors (Lipinski definition) is 5. The van der Waals surface area contributed by atoms with Crippen LogP contribution >= 0.6 is 0 Å². The monoisotopic (exact) mass is 253 g/mol. The molecule has 1 aliphatic rings. The summed E-state index contributed by atoms with van der Waals surface area (Å²) in [6, 6.07) is 0. The molecule has 0 atom stereocenters. The molecule has 0 aliphatic carbocycles. The van der Waals surface area contributed by atoms with E-state index in [-0.39, 0.29) is 43.7 Å². The Morgan fingerprint density at radius 3 is 2.33 bits per heavy atom. The lowest BCUT2D eigenvalue weighted by Crippen LogP contribution is -2.34. The average Bonchev–Trinajstić information content (AvgIpc) is 2.82. The highest BCUT2D eigenvalue weighted by Gasteiger charge is 2.28. The third-order valence-electron chi connectivity index (χ3n) is 2.93. The third kappa shape index (κ3) is 2.20. The Labute approximate surface area is 103 Å². The molecule has 0 aromatic carbocycles. The van der Waals surface area contributed by atoms with E-state index in [0.717, 1.165) is 0 Å². The van der Waals surface area contributed by atoms with Crippen LogP contribution in [-0.4, -0.2) is 33.0 Å². The number of rotatable bonds is 4. The van der Waals surface area contributed by atoms with Gasteiger partial charge in [-0.25, -0.2) is 4.79 Å². The minimum atomic E-state index is -0.558. The number of carbonyl (C=O) groups excluding carboxylic acids is 2. The highest BCUT2D eigenvalue weighted by molar-refractivity contribution is 6.01. The number of imide groups is 1. The first-order valence-electron chi connectivity index (χ1n) is 5.90. The van der Waals surface area contributed by atoms with Gasteiger partial charge in [0, 0.05) is 31.8 Å². The first kappa shape index (κ1) is 12.5. The van der Waals surface area contributed by atoms with Crippen LogP contribution in [0.5, 0.6) is 0 Å². The van der Waals surface area contributed by atoms with E-state index in [0.29, 0.717) is 5.82 Å². The van der Waals surface area contributed by atoms with Crippen molar-refractivity contribution in [2.75, 3.05) is 6.54 Å². The fourth-order valence-corrected chi connectivity index (χ4v) is 1.97. The molecule has 0 unspecified atom stereocenters. The van der Waals surface area contributed by atoms with Crippen LogP contribution < -0.4 is 5.76 Å². The van der Waals surface area contributed by atoms with Gasteiger partial charge >= 0.3 is 5.76 Å². The number of amides is 2. The van der Waals surface area contributed by atoms with E-state index in [1.54, 1.807) is 0 Å². The zero-order valence-electron chi connectivity index (χ0n) is 10.4. The summed E-state index contributed by atoms with van der Waals surface area (Å²) in [6.07, 6.45) is 0.517. The summed E-state index contributed by atoms with van der Waals surface area (Å²) in [5, 5.41) is 3.69. The van der Waals surface area contributed by atoms with Gasteiger partial charge in [-0.3, -0.25) is 23.6 Å². The van der Waals surface area contributed by atoms with Crippen LogP contribution in [0, 0.1) is 0 Å². The molecule has 0 spiro atoms. The lowest BCUT2D eigenvalue weighted by atomic mass is 10.2. The van der Waals surface area contributed by atoms with Crippen molar-refractivity contribution in [2.24, 2.45) is 0 Å². The molecule has 0 saturated carbocycles. The van der Waals surface area contributed by atoms with Gasteiger partial charge < -0.3 is 0 Å². The number of carbonyl (C=O) groups is 2. The van der Waals surface area contributed by atoms with Crippen molar-refractivity contribution in [2.45, 2.75) is 39.2 Å². The smallest absolute Gasteiger partial charge is 0.296 e. The molecule has 2 heterocycles. The first-order valence-corrected chi connectivity index (χ1v) is 5.90. The number of aromatic nitrogens is 2. The van der Waals surface area contributed by atoms with Crippen molar-refractivity contribution in [3.63, 3.8) is 0 Å². The molecule has 7 heteroatoms. The molecule has 7 nitrogen and oxygen atoms in total. The second-order valence-corrected chi connectivity index (χ2v) is 4.55. The zero-order valence-corrected chi connectivity index (χ0v) is 10.4. The van der Waals surface area contributed by atoms with E-state index < -0.39 is 5.76 Å². The van der Waals surface area contributed by atoms with E-state index in [9.17, 15) is 14.4 Å². The second kappa shape index (κ2) is 4.75. The summed E-state index contributed by atoms with van der Waals surface area (Å²) in [6.45, 7) is 4.20. The van der Waals surface area contributed by atoms with Crippen molar-refractivity contribution in [1.82, 2.24) is 14.6 Å². The molecule has 0 N–H and O–H groups in total. The van der Waals surface area contributed by atoms with Gasteiger partial charge in [0.15, 0.2) is 5.82 Å². The maximum absolute atomic E-state index is 11.5. The quantitative estimate of drug-likeness (QED) is 0.711. The zero-order chi connectivity index (χ0) is 13.3. The molecule has 1 aromatic heterocycles. The predicted molar refractivity (Wildman–Crippen MR) is 60.8 cm³/mol. The van der Waals surface area contributed by atoms with E-state index >= 15 is 0 Å². The van der Waals surface area contributed by atoms with Crippen LogP contribution in [0.25, 0.3) is 0 Å². The van der Waals surface area contributed by atoms with Crippen molar-refractivity contribution < 1.29 is 14.1 Å². The fourth-order valence-electron chi connectivity index (χ4n) is 1.97. The van der Waals surface area contributed by atoms with E-state index in [4.69, 9.17) is 0 Å². The average molecular weight is 253 g/mol. The molecule has 98 valence electrons. The summed E-state index contributed by atoms with van der Waals surface area (Å²) in [5.74, 6) is -0.357. The molecular weight excluding hydrogens is 238 g/mol. The van der Waals surface area contributed by atoms with Crippen LogP contribution in [0.1, 0.15) is 38.4 Å². The standard InChI is InChI=1S/C11H15N3O4/c1-7(2)10-12-18-11(17)14(10)6-5-13-8(15)3-4-9(13)16/h7H,3-6H2,1-2H3. The number of hydrogen-bond donors (Lipinski definition) is 0. The highest BCUT2D eigenvalue weighted by Crippen LogP contribution is 2.13. The third-order valence-corrected chi connectivity index (χ3v) is 2.93. The molecular formula is C11H15N3O4. The summed E-state index contributed by atoms with van der Waals surface area (Å²) in [7, 11) is 0. The van der Waals surface area contributed by atoms with Gasteiger partial charge in [0.25, 0.3) is 0 Å². The van der Waals surface area contributed by atoms with E-state index in [1.807, 2.05) is 13.8 Å². The molecule has 0 radical (unpaired) electrons. The van der Waals surface area contributed by atoms with Crippen LogP contribution in [0.2, 0.25) is 0 Å².